The van der Waals surface area contributed by atoms with Crippen molar-refractivity contribution >= 4 is 11.8 Å². The Morgan fingerprint density at radius 1 is 1.33 bits per heavy atom. The van der Waals surface area contributed by atoms with Gasteiger partial charge in [0.05, 0.1) is 0 Å². The molecule has 0 saturated heterocycles. The minimum absolute atomic E-state index is 0.0762. The minimum Gasteiger partial charge on any atom is -0.323 e. The highest BCUT2D eigenvalue weighted by molar-refractivity contribution is 7.99. The molecule has 1 heterocycles. The highest BCUT2D eigenvalue weighted by Crippen LogP contribution is 2.26. The van der Waals surface area contributed by atoms with Gasteiger partial charge in [-0.2, -0.15) is 0 Å². The molecule has 0 aliphatic rings. The number of benzene rings is 1. The van der Waals surface area contributed by atoms with E-state index in [1.807, 2.05) is 6.92 Å². The molecule has 0 radical (unpaired) electrons. The monoisotopic (exact) mass is 306 g/mol. The maximum atomic E-state index is 11.5. The lowest BCUT2D eigenvalue weighted by atomic mass is 9.95. The molecular weight excluding hydrogens is 284 g/mol. The minimum atomic E-state index is -0.170. The van der Waals surface area contributed by atoms with Crippen molar-refractivity contribution < 1.29 is 0 Å². The molecule has 0 aliphatic carbocycles. The second kappa shape index (κ2) is 6.49. The summed E-state index contributed by atoms with van der Waals surface area (Å²) in [4.78, 5) is 11.5. The van der Waals surface area contributed by atoms with Crippen LogP contribution in [-0.4, -0.2) is 20.5 Å². The molecule has 1 atom stereocenters. The van der Waals surface area contributed by atoms with Crippen molar-refractivity contribution in [1.29, 1.82) is 0 Å². The number of hydrogen-bond acceptors (Lipinski definition) is 4. The molecule has 2 aromatic rings. The number of hydrogen-bond donors (Lipinski definition) is 2. The van der Waals surface area contributed by atoms with E-state index in [0.29, 0.717) is 17.5 Å². The number of nitrogens with zero attached hydrogens (tertiary/aromatic N) is 2. The Bertz CT molecular complexity index is 666. The molecule has 114 valence electrons. The molecule has 0 spiro atoms. The lowest BCUT2D eigenvalue weighted by Gasteiger charge is -2.18. The first-order chi connectivity index (χ1) is 9.93. The van der Waals surface area contributed by atoms with Gasteiger partial charge in [0.2, 0.25) is 0 Å². The summed E-state index contributed by atoms with van der Waals surface area (Å²) in [5.41, 5.74) is 11.1. The van der Waals surface area contributed by atoms with Gasteiger partial charge in [-0.05, 0) is 44.4 Å². The molecule has 1 aromatic carbocycles. The first-order valence-electron chi connectivity index (χ1n) is 7.05. The quantitative estimate of drug-likeness (QED) is 0.831. The summed E-state index contributed by atoms with van der Waals surface area (Å²) < 4.78 is 1.62. The molecule has 2 rings (SSSR count). The van der Waals surface area contributed by atoms with E-state index in [9.17, 15) is 4.79 Å². The predicted octanol–water partition coefficient (Wildman–Crippen LogP) is 2.31. The molecular formula is C15H22N4OS. The molecule has 0 amide bonds. The van der Waals surface area contributed by atoms with Crippen LogP contribution in [0.1, 0.15) is 35.2 Å². The summed E-state index contributed by atoms with van der Waals surface area (Å²) in [5, 5.41) is 7.22. The third-order valence-electron chi connectivity index (χ3n) is 3.54. The number of H-pyrrole nitrogens is 1. The molecule has 1 unspecified atom stereocenters. The Labute approximate surface area is 128 Å². The van der Waals surface area contributed by atoms with E-state index in [1.54, 1.807) is 4.57 Å². The van der Waals surface area contributed by atoms with Crippen molar-refractivity contribution in [2.45, 2.75) is 45.4 Å². The summed E-state index contributed by atoms with van der Waals surface area (Å²) in [6, 6.07) is 4.24. The van der Waals surface area contributed by atoms with Gasteiger partial charge in [-0.1, -0.05) is 29.5 Å². The van der Waals surface area contributed by atoms with Crippen LogP contribution in [0.2, 0.25) is 0 Å². The van der Waals surface area contributed by atoms with E-state index >= 15 is 0 Å². The fourth-order valence-corrected chi connectivity index (χ4v) is 3.69. The number of thioether (sulfide) groups is 1. The second-order valence-corrected chi connectivity index (χ2v) is 6.27. The lowest BCUT2D eigenvalue weighted by molar-refractivity contribution is 0.659. The predicted molar refractivity (Wildman–Crippen MR) is 86.8 cm³/mol. The van der Waals surface area contributed by atoms with Crippen LogP contribution in [0, 0.1) is 20.8 Å². The van der Waals surface area contributed by atoms with Gasteiger partial charge in [0, 0.05) is 18.3 Å². The van der Waals surface area contributed by atoms with Crippen LogP contribution in [0.5, 0.6) is 0 Å². The van der Waals surface area contributed by atoms with Crippen LogP contribution < -0.4 is 11.4 Å². The number of aromatic nitrogens is 3. The number of aromatic amines is 1. The fraction of sp³-hybridized carbons (Fsp3) is 0.467. The zero-order chi connectivity index (χ0) is 15.6. The second-order valence-electron chi connectivity index (χ2n) is 5.29. The Morgan fingerprint density at radius 3 is 2.52 bits per heavy atom. The van der Waals surface area contributed by atoms with Crippen LogP contribution in [0.3, 0.4) is 0 Å². The van der Waals surface area contributed by atoms with Crippen LogP contribution in [0.25, 0.3) is 0 Å². The van der Waals surface area contributed by atoms with Crippen molar-refractivity contribution in [3.8, 4) is 0 Å². The summed E-state index contributed by atoms with van der Waals surface area (Å²) >= 11 is 1.51. The molecule has 1 aromatic heterocycles. The number of aryl methyl sites for hydroxylation is 3. The Balaban J connectivity index is 2.15. The molecule has 21 heavy (non-hydrogen) atoms. The van der Waals surface area contributed by atoms with Crippen molar-refractivity contribution in [1.82, 2.24) is 14.8 Å². The molecule has 6 heteroatoms. The Kier molecular flexibility index (Phi) is 4.90. The largest absolute Gasteiger partial charge is 0.343 e. The maximum absolute atomic E-state index is 11.5. The van der Waals surface area contributed by atoms with Crippen molar-refractivity contribution in [2.75, 3.05) is 5.75 Å². The number of nitrogens with one attached hydrogen (secondary N) is 1. The lowest BCUT2D eigenvalue weighted by Crippen LogP contribution is -2.18. The molecule has 0 aliphatic heterocycles. The van der Waals surface area contributed by atoms with Gasteiger partial charge < -0.3 is 5.73 Å². The van der Waals surface area contributed by atoms with Crippen LogP contribution >= 0.6 is 11.8 Å². The molecule has 3 N–H and O–H groups in total. The van der Waals surface area contributed by atoms with E-state index < -0.39 is 0 Å². The van der Waals surface area contributed by atoms with Gasteiger partial charge >= 0.3 is 5.69 Å². The van der Waals surface area contributed by atoms with Gasteiger partial charge in [-0.15, -0.1) is 5.10 Å². The van der Waals surface area contributed by atoms with Crippen LogP contribution in [0.4, 0.5) is 0 Å². The zero-order valence-electron chi connectivity index (χ0n) is 12.9. The molecule has 0 fully saturated rings. The van der Waals surface area contributed by atoms with Gasteiger partial charge in [0.15, 0.2) is 5.16 Å². The smallest absolute Gasteiger partial charge is 0.323 e. The van der Waals surface area contributed by atoms with Crippen LogP contribution in [0.15, 0.2) is 22.1 Å². The Hall–Kier alpha value is -1.53. The number of nitrogens with two attached hydrogens (primary N) is 1. The van der Waals surface area contributed by atoms with E-state index in [-0.39, 0.29) is 11.7 Å². The molecule has 0 bridgehead atoms. The summed E-state index contributed by atoms with van der Waals surface area (Å²) in [6.07, 6.45) is 0. The number of rotatable bonds is 5. The van der Waals surface area contributed by atoms with Gasteiger partial charge in [0.25, 0.3) is 0 Å². The van der Waals surface area contributed by atoms with Crippen molar-refractivity contribution in [3.05, 3.63) is 44.9 Å². The van der Waals surface area contributed by atoms with Gasteiger partial charge in [-0.25, -0.2) is 9.89 Å². The first-order valence-corrected chi connectivity index (χ1v) is 8.04. The van der Waals surface area contributed by atoms with E-state index in [2.05, 4.69) is 43.1 Å². The Morgan fingerprint density at radius 2 is 1.95 bits per heavy atom. The fourth-order valence-electron chi connectivity index (χ4n) is 2.72. The normalized spacial score (nSPS) is 12.6. The highest BCUT2D eigenvalue weighted by Gasteiger charge is 2.15. The molecule has 5 nitrogen and oxygen atoms in total. The summed E-state index contributed by atoms with van der Waals surface area (Å²) in [7, 11) is 0. The first kappa shape index (κ1) is 15.9. The van der Waals surface area contributed by atoms with Crippen molar-refractivity contribution in [3.63, 3.8) is 0 Å². The standard InChI is InChI=1S/C15H22N4OS/c1-5-19-14(20)17-18-15(19)21-8-12(16)13-10(3)6-9(2)7-11(13)4/h6-7,12H,5,8,16H2,1-4H3,(H,17,20). The van der Waals surface area contributed by atoms with Gasteiger partial charge in [0.1, 0.15) is 0 Å². The zero-order valence-corrected chi connectivity index (χ0v) is 13.8. The SMILES string of the molecule is CCn1c(SCC(N)c2c(C)cc(C)cc2C)n[nH]c1=O. The highest BCUT2D eigenvalue weighted by atomic mass is 32.2. The van der Waals surface area contributed by atoms with Crippen LogP contribution in [-0.2, 0) is 6.54 Å². The third-order valence-corrected chi connectivity index (χ3v) is 4.64. The molecule has 0 saturated carbocycles. The van der Waals surface area contributed by atoms with E-state index in [1.165, 1.54) is 34.0 Å². The van der Waals surface area contributed by atoms with E-state index in [4.69, 9.17) is 5.73 Å². The van der Waals surface area contributed by atoms with E-state index in [0.717, 1.165) is 0 Å². The van der Waals surface area contributed by atoms with Gasteiger partial charge in [-0.3, -0.25) is 4.57 Å². The summed E-state index contributed by atoms with van der Waals surface area (Å²) in [6.45, 7) is 8.81. The average molecular weight is 306 g/mol. The maximum Gasteiger partial charge on any atom is 0.343 e. The average Bonchev–Trinajstić information content (AvgIpc) is 2.75. The topological polar surface area (TPSA) is 76.7 Å². The third kappa shape index (κ3) is 3.39. The summed E-state index contributed by atoms with van der Waals surface area (Å²) in [5.74, 6) is 0.690. The van der Waals surface area contributed by atoms with Crippen molar-refractivity contribution in [2.24, 2.45) is 5.73 Å².